The molecule has 1 heterocycles. The van der Waals surface area contributed by atoms with Gasteiger partial charge in [0.1, 0.15) is 5.75 Å². The lowest BCUT2D eigenvalue weighted by molar-refractivity contribution is 0.413. The fraction of sp³-hybridized carbons (Fsp3) is 0.438. The van der Waals surface area contributed by atoms with Crippen LogP contribution in [0.25, 0.3) is 0 Å². The predicted molar refractivity (Wildman–Crippen MR) is 75.7 cm³/mol. The smallest absolute Gasteiger partial charge is 0.119 e. The minimum atomic E-state index is 0.524. The molecule has 1 N–H and O–H groups in total. The number of hydrogen-bond acceptors (Lipinski definition) is 2. The normalized spacial score (nSPS) is 19.2. The van der Waals surface area contributed by atoms with Crippen LogP contribution in [-0.2, 0) is 6.42 Å². The highest BCUT2D eigenvalue weighted by atomic mass is 16.5. The zero-order valence-corrected chi connectivity index (χ0v) is 11.5. The number of aromatic amines is 1. The molecule has 3 heteroatoms. The Kier molecular flexibility index (Phi) is 3.28. The molecule has 0 fully saturated rings. The molecule has 1 aliphatic rings. The van der Waals surface area contributed by atoms with Gasteiger partial charge in [-0.05, 0) is 48.4 Å². The number of H-pyrrole nitrogens is 1. The first kappa shape index (κ1) is 12.3. The molecule has 100 valence electrons. The highest BCUT2D eigenvalue weighted by Gasteiger charge is 2.30. The Morgan fingerprint density at radius 2 is 2.37 bits per heavy atom. The largest absolute Gasteiger partial charge is 0.497 e. The van der Waals surface area contributed by atoms with E-state index in [-0.39, 0.29) is 0 Å². The van der Waals surface area contributed by atoms with E-state index in [9.17, 15) is 0 Å². The van der Waals surface area contributed by atoms with Crippen LogP contribution in [0.15, 0.2) is 30.7 Å². The highest BCUT2D eigenvalue weighted by molar-refractivity contribution is 5.42. The predicted octanol–water partition coefficient (Wildman–Crippen LogP) is 3.64. The van der Waals surface area contributed by atoms with Crippen molar-refractivity contribution in [3.8, 4) is 5.75 Å². The van der Waals surface area contributed by atoms with Gasteiger partial charge >= 0.3 is 0 Å². The number of ether oxygens (including phenoxy) is 1. The quantitative estimate of drug-likeness (QED) is 0.906. The first-order chi connectivity index (χ1) is 9.33. The van der Waals surface area contributed by atoms with Crippen molar-refractivity contribution in [2.45, 2.75) is 38.0 Å². The molecule has 3 rings (SSSR count). The van der Waals surface area contributed by atoms with E-state index in [4.69, 9.17) is 4.74 Å². The van der Waals surface area contributed by atoms with Crippen molar-refractivity contribution in [3.05, 3.63) is 47.5 Å². The van der Waals surface area contributed by atoms with Crippen molar-refractivity contribution in [1.29, 1.82) is 0 Å². The van der Waals surface area contributed by atoms with Crippen LogP contribution >= 0.6 is 0 Å². The molecule has 0 saturated carbocycles. The summed E-state index contributed by atoms with van der Waals surface area (Å²) in [6.07, 6.45) is 7.27. The van der Waals surface area contributed by atoms with Gasteiger partial charge in [-0.25, -0.2) is 4.98 Å². The lowest BCUT2D eigenvalue weighted by Gasteiger charge is -2.22. The summed E-state index contributed by atoms with van der Waals surface area (Å²) in [6, 6.07) is 6.50. The number of benzene rings is 1. The lowest BCUT2D eigenvalue weighted by Crippen LogP contribution is -2.08. The van der Waals surface area contributed by atoms with Crippen molar-refractivity contribution in [2.24, 2.45) is 0 Å². The van der Waals surface area contributed by atoms with Crippen molar-refractivity contribution in [3.63, 3.8) is 0 Å². The minimum absolute atomic E-state index is 0.524. The summed E-state index contributed by atoms with van der Waals surface area (Å²) in [6.45, 7) is 2.25. The molecule has 0 aliphatic heterocycles. The summed E-state index contributed by atoms with van der Waals surface area (Å²) >= 11 is 0. The minimum Gasteiger partial charge on any atom is -0.497 e. The van der Waals surface area contributed by atoms with Crippen molar-refractivity contribution in [2.75, 3.05) is 7.11 Å². The van der Waals surface area contributed by atoms with Gasteiger partial charge in [0.05, 0.1) is 13.4 Å². The van der Waals surface area contributed by atoms with Crippen LogP contribution in [0, 0.1) is 0 Å². The zero-order chi connectivity index (χ0) is 13.2. The molecule has 3 nitrogen and oxygen atoms in total. The number of aryl methyl sites for hydroxylation is 1. The molecule has 0 saturated heterocycles. The summed E-state index contributed by atoms with van der Waals surface area (Å²) in [5.74, 6) is 2.07. The average molecular weight is 256 g/mol. The Labute approximate surface area is 114 Å². The van der Waals surface area contributed by atoms with E-state index in [0.717, 1.165) is 12.2 Å². The molecule has 0 amide bonds. The molecule has 0 spiro atoms. The molecule has 2 aromatic rings. The Balaban J connectivity index is 1.96. The number of rotatable bonds is 4. The summed E-state index contributed by atoms with van der Waals surface area (Å²) in [5.41, 5.74) is 4.19. The molecule has 0 radical (unpaired) electrons. The van der Waals surface area contributed by atoms with Gasteiger partial charge < -0.3 is 9.72 Å². The number of aromatic nitrogens is 2. The zero-order valence-electron chi connectivity index (χ0n) is 11.5. The van der Waals surface area contributed by atoms with Gasteiger partial charge in [0.25, 0.3) is 0 Å². The van der Waals surface area contributed by atoms with Crippen LogP contribution in [0.5, 0.6) is 5.75 Å². The summed E-state index contributed by atoms with van der Waals surface area (Å²) in [4.78, 5) is 7.45. The number of nitrogens with zero attached hydrogens (tertiary/aromatic N) is 1. The van der Waals surface area contributed by atoms with Gasteiger partial charge in [-0.1, -0.05) is 13.0 Å². The molecule has 1 aromatic carbocycles. The number of hydrogen-bond donors (Lipinski definition) is 1. The maximum Gasteiger partial charge on any atom is 0.119 e. The van der Waals surface area contributed by atoms with E-state index in [0.29, 0.717) is 11.8 Å². The maximum absolute atomic E-state index is 5.37. The van der Waals surface area contributed by atoms with Crippen LogP contribution in [0.4, 0.5) is 0 Å². The van der Waals surface area contributed by atoms with E-state index in [1.54, 1.807) is 13.4 Å². The number of fused-ring (bicyclic) bond motifs is 1. The summed E-state index contributed by atoms with van der Waals surface area (Å²) < 4.78 is 5.37. The first-order valence-corrected chi connectivity index (χ1v) is 6.98. The summed E-state index contributed by atoms with van der Waals surface area (Å²) in [5, 5.41) is 0. The number of imidazole rings is 1. The van der Waals surface area contributed by atoms with Crippen molar-refractivity contribution >= 4 is 0 Å². The molecule has 1 aromatic heterocycles. The third-order valence-electron chi connectivity index (χ3n) is 4.32. The van der Waals surface area contributed by atoms with Gasteiger partial charge in [0.15, 0.2) is 0 Å². The molecular weight excluding hydrogens is 236 g/mol. The average Bonchev–Trinajstić information content (AvgIpc) is 3.09. The van der Waals surface area contributed by atoms with Crippen LogP contribution in [0.3, 0.4) is 0 Å². The van der Waals surface area contributed by atoms with E-state index in [2.05, 4.69) is 35.1 Å². The van der Waals surface area contributed by atoms with Crippen molar-refractivity contribution < 1.29 is 4.74 Å². The van der Waals surface area contributed by atoms with E-state index >= 15 is 0 Å². The van der Waals surface area contributed by atoms with Crippen molar-refractivity contribution in [1.82, 2.24) is 9.97 Å². The van der Waals surface area contributed by atoms with Crippen LogP contribution in [-0.4, -0.2) is 17.1 Å². The van der Waals surface area contributed by atoms with Crippen LogP contribution < -0.4 is 4.74 Å². The molecule has 19 heavy (non-hydrogen) atoms. The second-order valence-electron chi connectivity index (χ2n) is 5.23. The Morgan fingerprint density at radius 1 is 1.47 bits per heavy atom. The maximum atomic E-state index is 5.37. The van der Waals surface area contributed by atoms with Crippen LogP contribution in [0.1, 0.15) is 48.4 Å². The first-order valence-electron chi connectivity index (χ1n) is 6.98. The molecule has 1 aliphatic carbocycles. The van der Waals surface area contributed by atoms with Gasteiger partial charge in [0, 0.05) is 17.8 Å². The Morgan fingerprint density at radius 3 is 3.05 bits per heavy atom. The Hall–Kier alpha value is -1.77. The van der Waals surface area contributed by atoms with Gasteiger partial charge in [-0.2, -0.15) is 0 Å². The standard InChI is InChI=1S/C16H20N2O/c1-3-13(16-9-17-10-18-16)14-7-5-11-4-6-12(19-2)8-15(11)14/h4,6,8-10,13-14H,3,5,7H2,1-2H3,(H,17,18). The lowest BCUT2D eigenvalue weighted by atomic mass is 9.83. The van der Waals surface area contributed by atoms with E-state index < -0.39 is 0 Å². The van der Waals surface area contributed by atoms with Gasteiger partial charge in [0.2, 0.25) is 0 Å². The van der Waals surface area contributed by atoms with Gasteiger partial charge in [-0.3, -0.25) is 0 Å². The topological polar surface area (TPSA) is 37.9 Å². The van der Waals surface area contributed by atoms with E-state index in [1.807, 2.05) is 6.20 Å². The second kappa shape index (κ2) is 5.08. The fourth-order valence-corrected chi connectivity index (χ4v) is 3.35. The molecule has 0 bridgehead atoms. The van der Waals surface area contributed by atoms with E-state index in [1.165, 1.54) is 29.7 Å². The fourth-order valence-electron chi connectivity index (χ4n) is 3.35. The summed E-state index contributed by atoms with van der Waals surface area (Å²) in [7, 11) is 1.73. The number of methoxy groups -OCH3 is 1. The highest BCUT2D eigenvalue weighted by Crippen LogP contribution is 2.44. The second-order valence-corrected chi connectivity index (χ2v) is 5.23. The SMILES string of the molecule is CCC(c1cnc[nH]1)C1CCc2ccc(OC)cc21. The molecular formula is C16H20N2O. The molecule has 2 unspecified atom stereocenters. The monoisotopic (exact) mass is 256 g/mol. The third-order valence-corrected chi connectivity index (χ3v) is 4.32. The van der Waals surface area contributed by atoms with Gasteiger partial charge in [-0.15, -0.1) is 0 Å². The molecule has 2 atom stereocenters. The third kappa shape index (κ3) is 2.14. The Bertz CT molecular complexity index is 548. The van der Waals surface area contributed by atoms with Crippen LogP contribution in [0.2, 0.25) is 0 Å². The number of nitrogens with one attached hydrogen (secondary N) is 1.